The molecule has 0 aliphatic carbocycles. The first-order chi connectivity index (χ1) is 10.6. The second kappa shape index (κ2) is 6.04. The highest BCUT2D eigenvalue weighted by molar-refractivity contribution is 7.13. The molecule has 0 atom stereocenters. The van der Waals surface area contributed by atoms with Crippen molar-refractivity contribution in [2.45, 2.75) is 0 Å². The second-order valence-corrected chi connectivity index (χ2v) is 6.04. The van der Waals surface area contributed by atoms with E-state index in [0.717, 1.165) is 5.56 Å². The molecule has 22 heavy (non-hydrogen) atoms. The molecule has 3 aromatic rings. The summed E-state index contributed by atoms with van der Waals surface area (Å²) in [5.41, 5.74) is 6.78. The Morgan fingerprint density at radius 1 is 1.23 bits per heavy atom. The van der Waals surface area contributed by atoms with Crippen LogP contribution in [0.3, 0.4) is 0 Å². The highest BCUT2D eigenvalue weighted by Gasteiger charge is 2.16. The molecular formula is C14H10N4O2S2. The van der Waals surface area contributed by atoms with Gasteiger partial charge < -0.3 is 11.1 Å². The van der Waals surface area contributed by atoms with Gasteiger partial charge in [-0.1, -0.05) is 0 Å². The molecule has 0 bridgehead atoms. The van der Waals surface area contributed by atoms with Crippen molar-refractivity contribution in [2.75, 3.05) is 5.32 Å². The van der Waals surface area contributed by atoms with Crippen molar-refractivity contribution >= 4 is 40.2 Å². The Hall–Kier alpha value is -2.58. The van der Waals surface area contributed by atoms with Crippen molar-refractivity contribution < 1.29 is 9.59 Å². The molecule has 0 radical (unpaired) electrons. The van der Waals surface area contributed by atoms with Gasteiger partial charge in [0.2, 0.25) is 0 Å². The van der Waals surface area contributed by atoms with E-state index in [1.165, 1.54) is 22.7 Å². The number of thiophene rings is 1. The van der Waals surface area contributed by atoms with Crippen molar-refractivity contribution in [3.63, 3.8) is 0 Å². The van der Waals surface area contributed by atoms with Gasteiger partial charge in [-0.25, -0.2) is 4.98 Å². The van der Waals surface area contributed by atoms with Crippen molar-refractivity contribution in [1.82, 2.24) is 9.97 Å². The highest BCUT2D eigenvalue weighted by atomic mass is 32.1. The number of thiazole rings is 1. The number of rotatable bonds is 4. The Morgan fingerprint density at radius 3 is 2.82 bits per heavy atom. The van der Waals surface area contributed by atoms with Gasteiger partial charge in [0.25, 0.3) is 11.8 Å². The van der Waals surface area contributed by atoms with Crippen molar-refractivity contribution in [1.29, 1.82) is 0 Å². The maximum Gasteiger partial charge on any atom is 0.275 e. The quantitative estimate of drug-likeness (QED) is 0.768. The van der Waals surface area contributed by atoms with E-state index in [1.807, 2.05) is 6.07 Å². The van der Waals surface area contributed by atoms with E-state index in [1.54, 1.807) is 35.3 Å². The Bertz CT molecular complexity index is 826. The van der Waals surface area contributed by atoms with Crippen LogP contribution in [-0.4, -0.2) is 21.8 Å². The number of nitrogens with two attached hydrogens (primary N) is 1. The van der Waals surface area contributed by atoms with Crippen LogP contribution in [0.25, 0.3) is 10.6 Å². The topological polar surface area (TPSA) is 98.0 Å². The minimum absolute atomic E-state index is 0.283. The summed E-state index contributed by atoms with van der Waals surface area (Å²) in [7, 11) is 0. The van der Waals surface area contributed by atoms with E-state index in [4.69, 9.17) is 5.73 Å². The third-order valence-corrected chi connectivity index (χ3v) is 4.60. The van der Waals surface area contributed by atoms with Gasteiger partial charge in [-0.05, 0) is 23.6 Å². The molecule has 0 unspecified atom stereocenters. The molecule has 3 aromatic heterocycles. The number of hydrogen-bond donors (Lipinski definition) is 2. The van der Waals surface area contributed by atoms with Gasteiger partial charge in [0, 0.05) is 23.3 Å². The number of aromatic nitrogens is 2. The van der Waals surface area contributed by atoms with Gasteiger partial charge in [-0.3, -0.25) is 14.6 Å². The summed E-state index contributed by atoms with van der Waals surface area (Å²) in [5, 5.41) is 6.71. The first-order valence-corrected chi connectivity index (χ1v) is 7.95. The average molecular weight is 330 g/mol. The number of carbonyl (C=O) groups excluding carboxylic acids is 2. The number of pyridine rings is 1. The summed E-state index contributed by atoms with van der Waals surface area (Å²) in [5.74, 6) is -0.952. The summed E-state index contributed by atoms with van der Waals surface area (Å²) < 4.78 is 0. The summed E-state index contributed by atoms with van der Waals surface area (Å²) >= 11 is 2.53. The zero-order valence-corrected chi connectivity index (χ0v) is 12.8. The van der Waals surface area contributed by atoms with Crippen LogP contribution in [0.1, 0.15) is 20.2 Å². The van der Waals surface area contributed by atoms with E-state index in [-0.39, 0.29) is 11.6 Å². The van der Waals surface area contributed by atoms with Gasteiger partial charge in [-0.15, -0.1) is 22.7 Å². The number of primary amides is 1. The van der Waals surface area contributed by atoms with Gasteiger partial charge in [0.05, 0.1) is 5.69 Å². The minimum atomic E-state index is -0.570. The lowest BCUT2D eigenvalue weighted by molar-refractivity contribution is 0.100. The molecule has 3 heterocycles. The molecule has 0 saturated heterocycles. The van der Waals surface area contributed by atoms with Gasteiger partial charge in [-0.2, -0.15) is 0 Å². The van der Waals surface area contributed by atoms with Crippen molar-refractivity contribution in [3.05, 3.63) is 51.9 Å². The number of amides is 2. The van der Waals surface area contributed by atoms with E-state index < -0.39 is 5.91 Å². The van der Waals surface area contributed by atoms with Gasteiger partial charge in [0.15, 0.2) is 0 Å². The van der Waals surface area contributed by atoms with Gasteiger partial charge >= 0.3 is 0 Å². The lowest BCUT2D eigenvalue weighted by Crippen LogP contribution is -2.16. The molecule has 0 aliphatic rings. The molecule has 0 aliphatic heterocycles. The summed E-state index contributed by atoms with van der Waals surface area (Å²) in [4.78, 5) is 32.1. The fourth-order valence-electron chi connectivity index (χ4n) is 1.78. The standard InChI is InChI=1S/C14H10N4O2S2/c15-12(19)11-9(3-5-21-11)17-13(20)10-7-22-14(18-10)8-2-1-4-16-6-8/h1-7H,(H2,15,19)(H,17,20). The first kappa shape index (κ1) is 14.4. The Labute approximate surface area is 133 Å². The molecular weight excluding hydrogens is 320 g/mol. The molecule has 8 heteroatoms. The molecule has 3 rings (SSSR count). The molecule has 6 nitrogen and oxygen atoms in total. The Kier molecular flexibility index (Phi) is 3.94. The van der Waals surface area contributed by atoms with E-state index >= 15 is 0 Å². The fraction of sp³-hybridized carbons (Fsp3) is 0. The molecule has 0 fully saturated rings. The molecule has 0 aromatic carbocycles. The van der Waals surface area contributed by atoms with E-state index in [9.17, 15) is 9.59 Å². The fourth-order valence-corrected chi connectivity index (χ4v) is 3.28. The number of hydrogen-bond acceptors (Lipinski definition) is 6. The zero-order valence-electron chi connectivity index (χ0n) is 11.1. The summed E-state index contributed by atoms with van der Waals surface area (Å²) in [6.07, 6.45) is 3.36. The number of nitrogens with zero attached hydrogens (tertiary/aromatic N) is 2. The van der Waals surface area contributed by atoms with E-state index in [2.05, 4.69) is 15.3 Å². The van der Waals surface area contributed by atoms with Crippen LogP contribution < -0.4 is 11.1 Å². The number of carbonyl (C=O) groups is 2. The number of anilines is 1. The van der Waals surface area contributed by atoms with E-state index in [0.29, 0.717) is 15.6 Å². The summed E-state index contributed by atoms with van der Waals surface area (Å²) in [6.45, 7) is 0. The zero-order chi connectivity index (χ0) is 15.5. The minimum Gasteiger partial charge on any atom is -0.365 e. The first-order valence-electron chi connectivity index (χ1n) is 6.19. The average Bonchev–Trinajstić information content (AvgIpc) is 3.17. The van der Waals surface area contributed by atoms with Crippen LogP contribution in [-0.2, 0) is 0 Å². The van der Waals surface area contributed by atoms with Gasteiger partial charge in [0.1, 0.15) is 15.6 Å². The second-order valence-electron chi connectivity index (χ2n) is 4.26. The SMILES string of the molecule is NC(=O)c1sccc1NC(=O)c1csc(-c2cccnc2)n1. The molecule has 110 valence electrons. The predicted octanol–water partition coefficient (Wildman–Crippen LogP) is 2.62. The third kappa shape index (κ3) is 2.87. The smallest absolute Gasteiger partial charge is 0.275 e. The van der Waals surface area contributed by atoms with Crippen LogP contribution in [0.4, 0.5) is 5.69 Å². The monoisotopic (exact) mass is 330 g/mol. The highest BCUT2D eigenvalue weighted by Crippen LogP contribution is 2.25. The van der Waals surface area contributed by atoms with Crippen LogP contribution >= 0.6 is 22.7 Å². The molecule has 0 saturated carbocycles. The third-order valence-electron chi connectivity index (χ3n) is 2.78. The maximum absolute atomic E-state index is 12.2. The lowest BCUT2D eigenvalue weighted by atomic mass is 10.3. The van der Waals surface area contributed by atoms with Crippen LogP contribution in [0, 0.1) is 0 Å². The van der Waals surface area contributed by atoms with Crippen LogP contribution in [0.15, 0.2) is 41.4 Å². The predicted molar refractivity (Wildman–Crippen MR) is 86.1 cm³/mol. The maximum atomic E-state index is 12.2. The molecule has 2 amide bonds. The Balaban J connectivity index is 1.80. The van der Waals surface area contributed by atoms with Crippen molar-refractivity contribution in [2.24, 2.45) is 5.73 Å². The van der Waals surface area contributed by atoms with Crippen LogP contribution in [0.2, 0.25) is 0 Å². The lowest BCUT2D eigenvalue weighted by Gasteiger charge is -2.02. The largest absolute Gasteiger partial charge is 0.365 e. The molecule has 3 N–H and O–H groups in total. The number of nitrogens with one attached hydrogen (secondary N) is 1. The normalized spacial score (nSPS) is 10.4. The molecule has 0 spiro atoms. The Morgan fingerprint density at radius 2 is 2.09 bits per heavy atom. The van der Waals surface area contributed by atoms with Crippen LogP contribution in [0.5, 0.6) is 0 Å². The van der Waals surface area contributed by atoms with Crippen molar-refractivity contribution in [3.8, 4) is 10.6 Å². The summed E-state index contributed by atoms with van der Waals surface area (Å²) in [6, 6.07) is 5.32.